The molecule has 118 valence electrons. The highest BCUT2D eigenvalue weighted by Gasteiger charge is 2.37. The van der Waals surface area contributed by atoms with Crippen molar-refractivity contribution >= 4 is 17.6 Å². The summed E-state index contributed by atoms with van der Waals surface area (Å²) < 4.78 is 5.84. The smallest absolute Gasteiger partial charge is 0.258 e. The van der Waals surface area contributed by atoms with E-state index in [9.17, 15) is 19.5 Å². The van der Waals surface area contributed by atoms with Gasteiger partial charge in [-0.15, -0.1) is 0 Å². The number of rotatable bonds is 1. The van der Waals surface area contributed by atoms with Gasteiger partial charge < -0.3 is 9.84 Å². The molecule has 0 bridgehead atoms. The molecule has 2 aliphatic rings. The molecule has 0 saturated heterocycles. The van der Waals surface area contributed by atoms with Gasteiger partial charge in [-0.3, -0.25) is 19.7 Å². The first-order valence-corrected chi connectivity index (χ1v) is 7.25. The lowest BCUT2D eigenvalue weighted by Gasteiger charge is -2.19. The van der Waals surface area contributed by atoms with Gasteiger partial charge in [0.2, 0.25) is 0 Å². The monoisotopic (exact) mass is 321 g/mol. The topological polar surface area (TPSA) is 92.7 Å². The second-order valence-electron chi connectivity index (χ2n) is 5.49. The van der Waals surface area contributed by atoms with Crippen LogP contribution >= 0.6 is 0 Å². The number of hydrogen-bond acceptors (Lipinski definition) is 5. The van der Waals surface area contributed by atoms with Crippen LogP contribution in [-0.4, -0.2) is 22.7 Å². The van der Waals surface area contributed by atoms with Crippen molar-refractivity contribution < 1.29 is 24.2 Å². The standard InChI is InChI=1S/C18H11NO5/c20-13-7-3-6-11-15(22)9-4-1-2-5-10(9)16(24-17(11)13)12-8-14(21)19-18(12)23/h1-8,16,20H,(H,19,21,23). The molecule has 2 aromatic carbocycles. The number of aromatic hydroxyl groups is 1. The Balaban J connectivity index is 1.98. The molecule has 4 rings (SSSR count). The zero-order valence-corrected chi connectivity index (χ0v) is 12.3. The summed E-state index contributed by atoms with van der Waals surface area (Å²) >= 11 is 0. The number of amides is 2. The number of hydrogen-bond donors (Lipinski definition) is 2. The summed E-state index contributed by atoms with van der Waals surface area (Å²) in [5.74, 6) is -1.64. The van der Waals surface area contributed by atoms with Gasteiger partial charge in [-0.25, -0.2) is 0 Å². The highest BCUT2D eigenvalue weighted by molar-refractivity contribution is 6.18. The number of imide groups is 1. The Morgan fingerprint density at radius 2 is 1.71 bits per heavy atom. The molecule has 2 N–H and O–H groups in total. The Hall–Kier alpha value is -3.41. The van der Waals surface area contributed by atoms with Crippen LogP contribution in [0, 0.1) is 0 Å². The van der Waals surface area contributed by atoms with Gasteiger partial charge in [-0.1, -0.05) is 30.3 Å². The summed E-state index contributed by atoms with van der Waals surface area (Å²) in [6.07, 6.45) is 0.185. The molecule has 0 saturated carbocycles. The van der Waals surface area contributed by atoms with Crippen molar-refractivity contribution in [3.8, 4) is 11.5 Å². The summed E-state index contributed by atoms with van der Waals surface area (Å²) in [4.78, 5) is 36.4. The largest absolute Gasteiger partial charge is 0.504 e. The number of phenols is 1. The lowest BCUT2D eigenvalue weighted by molar-refractivity contribution is -0.124. The minimum absolute atomic E-state index is 0.00301. The first-order chi connectivity index (χ1) is 11.6. The number of carbonyl (C=O) groups is 3. The summed E-state index contributed by atoms with van der Waals surface area (Å²) in [6, 6.07) is 11.2. The SMILES string of the molecule is O=C1C=C(C2Oc3c(O)cccc3C(=O)c3ccccc32)C(=O)N1. The minimum atomic E-state index is -0.967. The highest BCUT2D eigenvalue weighted by Crippen LogP contribution is 2.42. The van der Waals surface area contributed by atoms with Crippen LogP contribution < -0.4 is 10.1 Å². The molecule has 6 nitrogen and oxygen atoms in total. The van der Waals surface area contributed by atoms with Gasteiger partial charge >= 0.3 is 0 Å². The third-order valence-electron chi connectivity index (χ3n) is 4.03. The van der Waals surface area contributed by atoms with E-state index in [0.29, 0.717) is 11.1 Å². The van der Waals surface area contributed by atoms with Crippen molar-refractivity contribution in [1.82, 2.24) is 5.32 Å². The van der Waals surface area contributed by atoms with Gasteiger partial charge in [-0.05, 0) is 12.1 Å². The van der Waals surface area contributed by atoms with Gasteiger partial charge in [-0.2, -0.15) is 0 Å². The second-order valence-corrected chi connectivity index (χ2v) is 5.49. The lowest BCUT2D eigenvalue weighted by atomic mass is 9.93. The van der Waals surface area contributed by atoms with Crippen LogP contribution in [0.25, 0.3) is 0 Å². The fraction of sp³-hybridized carbons (Fsp3) is 0.0556. The molecule has 0 fully saturated rings. The van der Waals surface area contributed by atoms with E-state index >= 15 is 0 Å². The molecule has 0 radical (unpaired) electrons. The molecule has 0 aliphatic carbocycles. The molecule has 2 aromatic rings. The van der Waals surface area contributed by atoms with E-state index in [2.05, 4.69) is 5.32 Å². The van der Waals surface area contributed by atoms with Crippen molar-refractivity contribution in [3.63, 3.8) is 0 Å². The average Bonchev–Trinajstić information content (AvgIpc) is 2.84. The summed E-state index contributed by atoms with van der Waals surface area (Å²) in [5, 5.41) is 12.3. The van der Waals surface area contributed by atoms with E-state index in [0.717, 1.165) is 6.08 Å². The minimum Gasteiger partial charge on any atom is -0.504 e. The van der Waals surface area contributed by atoms with Gasteiger partial charge in [0.15, 0.2) is 23.4 Å². The Kier molecular flexibility index (Phi) is 2.99. The fourth-order valence-electron chi connectivity index (χ4n) is 2.94. The van der Waals surface area contributed by atoms with Crippen LogP contribution in [0.4, 0.5) is 0 Å². The molecule has 6 heteroatoms. The molecule has 2 aliphatic heterocycles. The van der Waals surface area contributed by atoms with E-state index in [1.807, 2.05) is 0 Å². The number of ether oxygens (including phenoxy) is 1. The number of para-hydroxylation sites is 1. The maximum atomic E-state index is 12.8. The van der Waals surface area contributed by atoms with Crippen LogP contribution in [0.5, 0.6) is 11.5 Å². The lowest BCUT2D eigenvalue weighted by Crippen LogP contribution is -2.25. The van der Waals surface area contributed by atoms with E-state index in [-0.39, 0.29) is 28.4 Å². The quantitative estimate of drug-likeness (QED) is 0.779. The fourth-order valence-corrected chi connectivity index (χ4v) is 2.94. The van der Waals surface area contributed by atoms with Crippen LogP contribution in [0.15, 0.2) is 54.1 Å². The molecule has 0 aromatic heterocycles. The predicted molar refractivity (Wildman–Crippen MR) is 82.6 cm³/mol. The molecule has 2 amide bonds. The maximum Gasteiger partial charge on any atom is 0.258 e. The van der Waals surface area contributed by atoms with Crippen LogP contribution in [0.2, 0.25) is 0 Å². The number of nitrogens with one attached hydrogen (secondary N) is 1. The first-order valence-electron chi connectivity index (χ1n) is 7.25. The summed E-state index contributed by atoms with van der Waals surface area (Å²) in [6.45, 7) is 0. The zero-order valence-electron chi connectivity index (χ0n) is 12.3. The zero-order chi connectivity index (χ0) is 16.8. The van der Waals surface area contributed by atoms with Crippen molar-refractivity contribution in [2.45, 2.75) is 6.10 Å². The van der Waals surface area contributed by atoms with Crippen molar-refractivity contribution in [2.24, 2.45) is 0 Å². The molecular formula is C18H11NO5. The molecule has 0 spiro atoms. The number of benzene rings is 2. The van der Waals surface area contributed by atoms with Gasteiger partial charge in [0.05, 0.1) is 11.1 Å². The Morgan fingerprint density at radius 3 is 2.46 bits per heavy atom. The average molecular weight is 321 g/mol. The Labute approximate surface area is 136 Å². The summed E-state index contributed by atoms with van der Waals surface area (Å²) in [7, 11) is 0. The molecular weight excluding hydrogens is 310 g/mol. The third-order valence-corrected chi connectivity index (χ3v) is 4.03. The first kappa shape index (κ1) is 14.2. The highest BCUT2D eigenvalue weighted by atomic mass is 16.5. The van der Waals surface area contributed by atoms with E-state index in [1.165, 1.54) is 6.07 Å². The van der Waals surface area contributed by atoms with Crippen LogP contribution in [0.1, 0.15) is 27.6 Å². The predicted octanol–water partition coefficient (Wildman–Crippen LogP) is 1.64. The van der Waals surface area contributed by atoms with Gasteiger partial charge in [0.25, 0.3) is 11.8 Å². The second kappa shape index (κ2) is 5.06. The summed E-state index contributed by atoms with van der Waals surface area (Å²) in [5.41, 5.74) is 1.13. The Bertz CT molecular complexity index is 944. The van der Waals surface area contributed by atoms with Crippen molar-refractivity contribution in [1.29, 1.82) is 0 Å². The van der Waals surface area contributed by atoms with E-state index in [4.69, 9.17) is 4.74 Å². The number of carbonyl (C=O) groups excluding carboxylic acids is 3. The van der Waals surface area contributed by atoms with Gasteiger partial charge in [0, 0.05) is 17.2 Å². The normalized spacial score (nSPS) is 18.9. The maximum absolute atomic E-state index is 12.8. The molecule has 2 heterocycles. The Morgan fingerprint density at radius 1 is 0.958 bits per heavy atom. The van der Waals surface area contributed by atoms with Crippen LogP contribution in [0.3, 0.4) is 0 Å². The van der Waals surface area contributed by atoms with Crippen molar-refractivity contribution in [3.05, 3.63) is 70.8 Å². The van der Waals surface area contributed by atoms with Crippen molar-refractivity contribution in [2.75, 3.05) is 0 Å². The molecule has 1 unspecified atom stereocenters. The van der Waals surface area contributed by atoms with E-state index in [1.54, 1.807) is 36.4 Å². The molecule has 1 atom stereocenters. The van der Waals surface area contributed by atoms with Gasteiger partial charge in [0.1, 0.15) is 0 Å². The number of fused-ring (bicyclic) bond motifs is 2. The molecule has 24 heavy (non-hydrogen) atoms. The third kappa shape index (κ3) is 2.00. The van der Waals surface area contributed by atoms with E-state index < -0.39 is 17.9 Å². The van der Waals surface area contributed by atoms with Crippen LogP contribution in [-0.2, 0) is 9.59 Å². The number of phenolic OH excluding ortho intramolecular Hbond substituents is 1. The number of ketones is 1.